The lowest BCUT2D eigenvalue weighted by Crippen LogP contribution is -2.44. The summed E-state index contributed by atoms with van der Waals surface area (Å²) in [6.07, 6.45) is -3.98. The number of ether oxygens (including phenoxy) is 4. The summed E-state index contributed by atoms with van der Waals surface area (Å²) in [6.45, 7) is 8.98. The fourth-order valence-electron chi connectivity index (χ4n) is 3.05. The van der Waals surface area contributed by atoms with Crippen molar-refractivity contribution in [1.29, 1.82) is 0 Å². The van der Waals surface area contributed by atoms with E-state index >= 15 is 0 Å². The van der Waals surface area contributed by atoms with Crippen LogP contribution in [0.3, 0.4) is 0 Å². The SMILES string of the molecule is CC(C)(C)C1(C)Cc2cc(OCCOc3ccc(OC(F)(F)F)cc3Cl)ccc2O1. The van der Waals surface area contributed by atoms with Gasteiger partial charge in [0.1, 0.15) is 41.8 Å². The summed E-state index contributed by atoms with van der Waals surface area (Å²) >= 11 is 5.95. The lowest BCUT2D eigenvalue weighted by Gasteiger charge is -2.37. The van der Waals surface area contributed by atoms with E-state index in [1.54, 1.807) is 0 Å². The van der Waals surface area contributed by atoms with E-state index in [9.17, 15) is 13.2 Å². The summed E-state index contributed by atoms with van der Waals surface area (Å²) < 4.78 is 58.0. The van der Waals surface area contributed by atoms with Crippen molar-refractivity contribution in [3.05, 3.63) is 47.0 Å². The van der Waals surface area contributed by atoms with Gasteiger partial charge in [-0.2, -0.15) is 0 Å². The van der Waals surface area contributed by atoms with Crippen LogP contribution in [0.25, 0.3) is 0 Å². The molecule has 164 valence electrons. The van der Waals surface area contributed by atoms with Crippen LogP contribution < -0.4 is 18.9 Å². The summed E-state index contributed by atoms with van der Waals surface area (Å²) in [5.74, 6) is 1.40. The van der Waals surface area contributed by atoms with Gasteiger partial charge in [0.05, 0.1) is 5.02 Å². The van der Waals surface area contributed by atoms with Crippen molar-refractivity contribution in [2.24, 2.45) is 5.41 Å². The standard InChI is InChI=1S/C22H24ClF3O4/c1-20(2,3)21(4)13-14-11-15(5-7-18(14)30-21)27-9-10-28-19-8-6-16(12-17(19)23)29-22(24,25)26/h5-8,11-12H,9-10,13H2,1-4H3. The van der Waals surface area contributed by atoms with Gasteiger partial charge < -0.3 is 18.9 Å². The molecule has 1 aliphatic heterocycles. The van der Waals surface area contributed by atoms with Crippen molar-refractivity contribution in [3.8, 4) is 23.0 Å². The Labute approximate surface area is 178 Å². The largest absolute Gasteiger partial charge is 0.573 e. The average Bonchev–Trinajstić information content (AvgIpc) is 2.95. The van der Waals surface area contributed by atoms with Crippen LogP contribution in [-0.4, -0.2) is 25.2 Å². The zero-order valence-electron chi connectivity index (χ0n) is 17.2. The Hall–Kier alpha value is -2.28. The molecule has 4 nitrogen and oxygen atoms in total. The molecule has 0 radical (unpaired) electrons. The molecule has 0 saturated heterocycles. The lowest BCUT2D eigenvalue weighted by atomic mass is 9.75. The van der Waals surface area contributed by atoms with Crippen LogP contribution in [0.1, 0.15) is 33.3 Å². The summed E-state index contributed by atoms with van der Waals surface area (Å²) in [7, 11) is 0. The lowest BCUT2D eigenvalue weighted by molar-refractivity contribution is -0.274. The predicted molar refractivity (Wildman–Crippen MR) is 108 cm³/mol. The summed E-state index contributed by atoms with van der Waals surface area (Å²) in [5, 5.41) is 0.0212. The van der Waals surface area contributed by atoms with Gasteiger partial charge in [-0.05, 0) is 37.3 Å². The van der Waals surface area contributed by atoms with E-state index in [0.717, 1.165) is 29.9 Å². The Morgan fingerprint density at radius 1 is 1.00 bits per heavy atom. The smallest absolute Gasteiger partial charge is 0.490 e. The van der Waals surface area contributed by atoms with Gasteiger partial charge in [-0.1, -0.05) is 32.4 Å². The molecule has 0 aromatic heterocycles. The highest BCUT2D eigenvalue weighted by molar-refractivity contribution is 6.32. The molecule has 3 rings (SSSR count). The maximum absolute atomic E-state index is 12.2. The van der Waals surface area contributed by atoms with Crippen molar-refractivity contribution < 1.29 is 32.1 Å². The Kier molecular flexibility index (Phi) is 6.05. The second-order valence-corrected chi connectivity index (χ2v) is 8.77. The number of alkyl halides is 3. The summed E-state index contributed by atoms with van der Waals surface area (Å²) in [5.41, 5.74) is 0.797. The predicted octanol–water partition coefficient (Wildman–Crippen LogP) is 6.44. The van der Waals surface area contributed by atoms with E-state index < -0.39 is 12.1 Å². The van der Waals surface area contributed by atoms with Crippen LogP contribution >= 0.6 is 11.6 Å². The van der Waals surface area contributed by atoms with Crippen molar-refractivity contribution in [2.45, 2.75) is 46.1 Å². The zero-order chi connectivity index (χ0) is 22.2. The number of hydrogen-bond donors (Lipinski definition) is 0. The van der Waals surface area contributed by atoms with Crippen LogP contribution in [-0.2, 0) is 6.42 Å². The van der Waals surface area contributed by atoms with Gasteiger partial charge >= 0.3 is 6.36 Å². The van der Waals surface area contributed by atoms with Gasteiger partial charge in [0.25, 0.3) is 0 Å². The maximum Gasteiger partial charge on any atom is 0.573 e. The Bertz CT molecular complexity index is 908. The van der Waals surface area contributed by atoms with Crippen LogP contribution in [0.15, 0.2) is 36.4 Å². The Morgan fingerprint density at radius 3 is 2.30 bits per heavy atom. The van der Waals surface area contributed by atoms with Crippen LogP contribution in [0.5, 0.6) is 23.0 Å². The molecule has 0 aliphatic carbocycles. The van der Waals surface area contributed by atoms with Crippen LogP contribution in [0.2, 0.25) is 5.02 Å². The number of rotatable bonds is 6. The normalized spacial score (nSPS) is 18.5. The van der Waals surface area contributed by atoms with Crippen molar-refractivity contribution in [1.82, 2.24) is 0 Å². The molecule has 30 heavy (non-hydrogen) atoms. The molecule has 0 saturated carbocycles. The fourth-order valence-corrected chi connectivity index (χ4v) is 3.28. The molecule has 2 aromatic carbocycles. The molecule has 0 fully saturated rings. The second-order valence-electron chi connectivity index (χ2n) is 8.37. The van der Waals surface area contributed by atoms with Gasteiger partial charge in [0.15, 0.2) is 0 Å². The first-order chi connectivity index (χ1) is 13.9. The summed E-state index contributed by atoms with van der Waals surface area (Å²) in [6, 6.07) is 9.22. The van der Waals surface area contributed by atoms with Gasteiger partial charge in [-0.3, -0.25) is 0 Å². The van der Waals surface area contributed by atoms with E-state index in [0.29, 0.717) is 5.75 Å². The van der Waals surface area contributed by atoms with Crippen LogP contribution in [0.4, 0.5) is 13.2 Å². The van der Waals surface area contributed by atoms with E-state index in [1.807, 2.05) is 18.2 Å². The molecular weight excluding hydrogens is 421 g/mol. The number of fused-ring (bicyclic) bond motifs is 1. The average molecular weight is 445 g/mol. The first-order valence-electron chi connectivity index (χ1n) is 9.49. The van der Waals surface area contributed by atoms with Gasteiger partial charge in [0, 0.05) is 23.5 Å². The highest BCUT2D eigenvalue weighted by atomic mass is 35.5. The van der Waals surface area contributed by atoms with E-state index in [4.69, 9.17) is 25.8 Å². The molecule has 0 N–H and O–H groups in total. The number of halogens is 4. The molecule has 1 heterocycles. The van der Waals surface area contributed by atoms with Crippen molar-refractivity contribution in [3.63, 3.8) is 0 Å². The van der Waals surface area contributed by atoms with Crippen molar-refractivity contribution in [2.75, 3.05) is 13.2 Å². The number of benzene rings is 2. The Balaban J connectivity index is 1.52. The van der Waals surface area contributed by atoms with E-state index in [2.05, 4.69) is 32.4 Å². The third kappa shape index (κ3) is 5.25. The fraction of sp³-hybridized carbons (Fsp3) is 0.455. The monoisotopic (exact) mass is 444 g/mol. The molecule has 0 bridgehead atoms. The minimum Gasteiger partial charge on any atom is -0.490 e. The highest BCUT2D eigenvalue weighted by Crippen LogP contribution is 2.45. The molecular formula is C22H24ClF3O4. The zero-order valence-corrected chi connectivity index (χ0v) is 18.0. The minimum atomic E-state index is -4.77. The third-order valence-electron chi connectivity index (χ3n) is 5.23. The Morgan fingerprint density at radius 2 is 1.67 bits per heavy atom. The molecule has 1 aliphatic rings. The van der Waals surface area contributed by atoms with Gasteiger partial charge in [-0.15, -0.1) is 13.2 Å². The molecule has 1 unspecified atom stereocenters. The first kappa shape index (κ1) is 22.4. The van der Waals surface area contributed by atoms with Gasteiger partial charge in [-0.25, -0.2) is 0 Å². The van der Waals surface area contributed by atoms with E-state index in [1.165, 1.54) is 6.07 Å². The van der Waals surface area contributed by atoms with Crippen molar-refractivity contribution >= 4 is 11.6 Å². The first-order valence-corrected chi connectivity index (χ1v) is 9.87. The molecule has 1 atom stereocenters. The second kappa shape index (κ2) is 8.10. The molecule has 8 heteroatoms. The minimum absolute atomic E-state index is 0.0131. The topological polar surface area (TPSA) is 36.9 Å². The third-order valence-corrected chi connectivity index (χ3v) is 5.52. The summed E-state index contributed by atoms with van der Waals surface area (Å²) in [4.78, 5) is 0. The highest BCUT2D eigenvalue weighted by Gasteiger charge is 2.44. The maximum atomic E-state index is 12.2. The van der Waals surface area contributed by atoms with E-state index in [-0.39, 0.29) is 35.0 Å². The van der Waals surface area contributed by atoms with Gasteiger partial charge in [0.2, 0.25) is 0 Å². The molecule has 2 aromatic rings. The number of hydrogen-bond acceptors (Lipinski definition) is 4. The molecule has 0 amide bonds. The van der Waals surface area contributed by atoms with Crippen LogP contribution in [0, 0.1) is 5.41 Å². The quantitative estimate of drug-likeness (QED) is 0.481. The molecule has 0 spiro atoms.